The van der Waals surface area contributed by atoms with Crippen LogP contribution in [0.5, 0.6) is 0 Å². The van der Waals surface area contributed by atoms with Crippen molar-refractivity contribution in [3.63, 3.8) is 0 Å². The summed E-state index contributed by atoms with van der Waals surface area (Å²) in [6.07, 6.45) is 1.09. The van der Waals surface area contributed by atoms with Crippen molar-refractivity contribution in [1.82, 2.24) is 5.32 Å². The molecule has 1 heterocycles. The number of hydrogen-bond donors (Lipinski definition) is 1. The van der Waals surface area contributed by atoms with Gasteiger partial charge in [0.2, 0.25) is 0 Å². The van der Waals surface area contributed by atoms with Crippen molar-refractivity contribution in [3.8, 4) is 0 Å². The molecule has 0 spiro atoms. The molecule has 1 aliphatic rings. The maximum Gasteiger partial charge on any atom is 0.129 e. The van der Waals surface area contributed by atoms with Gasteiger partial charge in [-0.2, -0.15) is 0 Å². The third-order valence-corrected chi connectivity index (χ3v) is 3.01. The van der Waals surface area contributed by atoms with Gasteiger partial charge < -0.3 is 5.32 Å². The minimum Gasteiger partial charge on any atom is -0.365 e. The van der Waals surface area contributed by atoms with Crippen LogP contribution in [0.15, 0.2) is 29.3 Å². The Balaban J connectivity index is 2.38. The van der Waals surface area contributed by atoms with E-state index in [9.17, 15) is 0 Å². The van der Waals surface area contributed by atoms with Crippen molar-refractivity contribution >= 4 is 5.84 Å². The number of aryl methyl sites for hydroxylation is 1. The van der Waals surface area contributed by atoms with E-state index in [1.54, 1.807) is 0 Å². The fourth-order valence-corrected chi connectivity index (χ4v) is 2.38. The van der Waals surface area contributed by atoms with E-state index in [-0.39, 0.29) is 5.54 Å². The lowest BCUT2D eigenvalue weighted by molar-refractivity contribution is 0.374. The molecular formula is C14H20N2. The summed E-state index contributed by atoms with van der Waals surface area (Å²) in [5, 5.41) is 3.53. The number of aliphatic imine (C=N–C) groups is 1. The van der Waals surface area contributed by atoms with Crippen LogP contribution >= 0.6 is 0 Å². The lowest BCUT2D eigenvalue weighted by atomic mass is 9.92. The molecule has 1 atom stereocenters. The fourth-order valence-electron chi connectivity index (χ4n) is 2.38. The van der Waals surface area contributed by atoms with Crippen LogP contribution in [0.25, 0.3) is 0 Å². The highest BCUT2D eigenvalue weighted by molar-refractivity contribution is 6.00. The smallest absolute Gasteiger partial charge is 0.129 e. The number of hydrogen-bond acceptors (Lipinski definition) is 2. The Morgan fingerprint density at radius 3 is 2.62 bits per heavy atom. The van der Waals surface area contributed by atoms with E-state index in [0.29, 0.717) is 6.04 Å². The van der Waals surface area contributed by atoms with Crippen molar-refractivity contribution < 1.29 is 0 Å². The molecule has 1 N–H and O–H groups in total. The summed E-state index contributed by atoms with van der Waals surface area (Å²) in [5.41, 5.74) is 2.64. The van der Waals surface area contributed by atoms with Gasteiger partial charge in [-0.15, -0.1) is 0 Å². The van der Waals surface area contributed by atoms with Gasteiger partial charge in [0.05, 0.1) is 6.04 Å². The zero-order chi connectivity index (χ0) is 11.8. The Morgan fingerprint density at radius 1 is 1.31 bits per heavy atom. The second-order valence-corrected chi connectivity index (χ2v) is 5.35. The van der Waals surface area contributed by atoms with Crippen LogP contribution in [0.4, 0.5) is 0 Å². The number of nitrogens with zero attached hydrogens (tertiary/aromatic N) is 1. The third kappa shape index (κ3) is 2.26. The van der Waals surface area contributed by atoms with Gasteiger partial charge in [-0.05, 0) is 39.7 Å². The Labute approximate surface area is 97.8 Å². The van der Waals surface area contributed by atoms with Crippen molar-refractivity contribution in [2.45, 2.75) is 45.7 Å². The van der Waals surface area contributed by atoms with Crippen LogP contribution in [-0.4, -0.2) is 17.4 Å². The molecular weight excluding hydrogens is 196 g/mol. The summed E-state index contributed by atoms with van der Waals surface area (Å²) in [4.78, 5) is 4.71. The zero-order valence-electron chi connectivity index (χ0n) is 10.5. The first-order valence-corrected chi connectivity index (χ1v) is 5.90. The molecule has 0 bridgehead atoms. The summed E-state index contributed by atoms with van der Waals surface area (Å²) in [6, 6.07) is 8.79. The molecule has 0 saturated heterocycles. The van der Waals surface area contributed by atoms with Crippen LogP contribution < -0.4 is 5.32 Å². The van der Waals surface area contributed by atoms with Crippen molar-refractivity contribution in [3.05, 3.63) is 35.4 Å². The summed E-state index contributed by atoms with van der Waals surface area (Å²) >= 11 is 0. The van der Waals surface area contributed by atoms with Gasteiger partial charge in [0.15, 0.2) is 0 Å². The summed E-state index contributed by atoms with van der Waals surface area (Å²) in [7, 11) is 0. The molecule has 0 aromatic heterocycles. The van der Waals surface area contributed by atoms with E-state index >= 15 is 0 Å². The molecule has 2 nitrogen and oxygen atoms in total. The standard InChI is InChI=1S/C14H20N2/c1-10-7-5-6-8-12(10)13-15-11(2)9-14(3,4)16-13/h5-8,11H,9H2,1-4H3,(H,15,16). The molecule has 1 unspecified atom stereocenters. The Morgan fingerprint density at radius 2 is 2.00 bits per heavy atom. The van der Waals surface area contributed by atoms with Gasteiger partial charge in [-0.25, -0.2) is 0 Å². The van der Waals surface area contributed by atoms with E-state index in [0.717, 1.165) is 12.3 Å². The first kappa shape index (κ1) is 11.2. The highest BCUT2D eigenvalue weighted by Crippen LogP contribution is 2.21. The third-order valence-electron chi connectivity index (χ3n) is 3.01. The second-order valence-electron chi connectivity index (χ2n) is 5.35. The number of benzene rings is 1. The molecule has 0 radical (unpaired) electrons. The molecule has 1 aromatic carbocycles. The number of amidine groups is 1. The molecule has 1 aliphatic heterocycles. The average molecular weight is 216 g/mol. The van der Waals surface area contributed by atoms with Crippen molar-refractivity contribution in [2.75, 3.05) is 0 Å². The molecule has 2 heteroatoms. The Bertz CT molecular complexity index is 418. The van der Waals surface area contributed by atoms with E-state index < -0.39 is 0 Å². The van der Waals surface area contributed by atoms with Crippen molar-refractivity contribution in [2.24, 2.45) is 4.99 Å². The van der Waals surface area contributed by atoms with Gasteiger partial charge in [0.25, 0.3) is 0 Å². The molecule has 0 saturated carbocycles. The molecule has 0 fully saturated rings. The van der Waals surface area contributed by atoms with Crippen LogP contribution in [0.3, 0.4) is 0 Å². The average Bonchev–Trinajstić information content (AvgIpc) is 2.15. The van der Waals surface area contributed by atoms with Crippen LogP contribution in [0.2, 0.25) is 0 Å². The highest BCUT2D eigenvalue weighted by Gasteiger charge is 2.27. The lowest BCUT2D eigenvalue weighted by Gasteiger charge is -2.35. The number of nitrogens with one attached hydrogen (secondary N) is 1. The first-order chi connectivity index (χ1) is 7.48. The Hall–Kier alpha value is -1.31. The molecule has 0 aliphatic carbocycles. The van der Waals surface area contributed by atoms with E-state index in [1.165, 1.54) is 11.1 Å². The quantitative estimate of drug-likeness (QED) is 0.767. The maximum absolute atomic E-state index is 4.71. The normalized spacial score (nSPS) is 23.5. The zero-order valence-corrected chi connectivity index (χ0v) is 10.5. The molecule has 1 aromatic rings. The van der Waals surface area contributed by atoms with E-state index in [1.807, 2.05) is 0 Å². The van der Waals surface area contributed by atoms with E-state index in [4.69, 9.17) is 4.99 Å². The predicted molar refractivity (Wildman–Crippen MR) is 69.0 cm³/mol. The second kappa shape index (κ2) is 3.93. The molecule has 16 heavy (non-hydrogen) atoms. The van der Waals surface area contributed by atoms with Gasteiger partial charge in [0, 0.05) is 11.1 Å². The first-order valence-electron chi connectivity index (χ1n) is 5.90. The topological polar surface area (TPSA) is 24.4 Å². The minimum atomic E-state index is 0.138. The van der Waals surface area contributed by atoms with Crippen LogP contribution in [0.1, 0.15) is 38.3 Å². The molecule has 2 rings (SSSR count). The van der Waals surface area contributed by atoms with Crippen molar-refractivity contribution in [1.29, 1.82) is 0 Å². The van der Waals surface area contributed by atoms with Gasteiger partial charge in [-0.3, -0.25) is 4.99 Å². The Kier molecular flexibility index (Phi) is 2.75. The summed E-state index contributed by atoms with van der Waals surface area (Å²) < 4.78 is 0. The van der Waals surface area contributed by atoms with Gasteiger partial charge in [0.1, 0.15) is 5.84 Å². The highest BCUT2D eigenvalue weighted by atomic mass is 15.1. The molecule has 0 amide bonds. The van der Waals surface area contributed by atoms with Crippen LogP contribution in [-0.2, 0) is 0 Å². The number of rotatable bonds is 1. The monoisotopic (exact) mass is 216 g/mol. The van der Waals surface area contributed by atoms with Crippen LogP contribution in [0, 0.1) is 6.92 Å². The SMILES string of the molecule is Cc1ccccc1C1=NC(C)CC(C)(C)N1. The summed E-state index contributed by atoms with van der Waals surface area (Å²) in [5.74, 6) is 1.04. The van der Waals surface area contributed by atoms with E-state index in [2.05, 4.69) is 57.3 Å². The maximum atomic E-state index is 4.71. The fraction of sp³-hybridized carbons (Fsp3) is 0.500. The summed E-state index contributed by atoms with van der Waals surface area (Å²) in [6.45, 7) is 8.78. The molecule has 86 valence electrons. The van der Waals surface area contributed by atoms with Gasteiger partial charge >= 0.3 is 0 Å². The lowest BCUT2D eigenvalue weighted by Crippen LogP contribution is -2.49. The predicted octanol–water partition coefficient (Wildman–Crippen LogP) is 2.90. The van der Waals surface area contributed by atoms with Gasteiger partial charge in [-0.1, -0.05) is 24.3 Å². The largest absolute Gasteiger partial charge is 0.365 e. The minimum absolute atomic E-state index is 0.138.